The van der Waals surface area contributed by atoms with Crippen LogP contribution in [0.15, 0.2) is 29.1 Å². The molecule has 128 valence electrons. The number of imidazole rings is 1. The number of carbonyl (C=O) groups is 1. The van der Waals surface area contributed by atoms with Gasteiger partial charge in [-0.15, -0.1) is 0 Å². The highest BCUT2D eigenvalue weighted by molar-refractivity contribution is 8.00. The first-order chi connectivity index (χ1) is 11.6. The zero-order valence-corrected chi connectivity index (χ0v) is 15.2. The molecule has 0 bridgehead atoms. The molecule has 0 aromatic carbocycles. The van der Waals surface area contributed by atoms with Crippen molar-refractivity contribution in [2.75, 3.05) is 6.54 Å². The highest BCUT2D eigenvalue weighted by Crippen LogP contribution is 2.24. The van der Waals surface area contributed by atoms with Gasteiger partial charge in [0.05, 0.1) is 15.8 Å². The van der Waals surface area contributed by atoms with Gasteiger partial charge in [-0.3, -0.25) is 4.79 Å². The van der Waals surface area contributed by atoms with Crippen LogP contribution < -0.4 is 5.32 Å². The SMILES string of the molecule is C[C@@H](Sc1nc2ncc(Cl)cc2[nH]1)C(=O)NCCC1=CCCCC1. The van der Waals surface area contributed by atoms with E-state index in [2.05, 4.69) is 26.3 Å². The fraction of sp³-hybridized carbons (Fsp3) is 0.471. The monoisotopic (exact) mass is 364 g/mol. The topological polar surface area (TPSA) is 70.7 Å². The highest BCUT2D eigenvalue weighted by Gasteiger charge is 2.17. The fourth-order valence-corrected chi connectivity index (χ4v) is 3.74. The summed E-state index contributed by atoms with van der Waals surface area (Å²) in [6, 6.07) is 1.78. The van der Waals surface area contributed by atoms with Crippen molar-refractivity contribution in [3.8, 4) is 0 Å². The number of allylic oxidation sites excluding steroid dienone is 1. The first kappa shape index (κ1) is 17.3. The second-order valence-corrected chi connectivity index (χ2v) is 7.74. The molecule has 2 N–H and O–H groups in total. The van der Waals surface area contributed by atoms with Gasteiger partial charge in [0.1, 0.15) is 0 Å². The molecule has 1 atom stereocenters. The third-order valence-electron chi connectivity index (χ3n) is 4.07. The second kappa shape index (κ2) is 8.03. The van der Waals surface area contributed by atoms with Crippen molar-refractivity contribution >= 4 is 40.4 Å². The summed E-state index contributed by atoms with van der Waals surface area (Å²) < 4.78 is 0. The summed E-state index contributed by atoms with van der Waals surface area (Å²) in [6.07, 6.45) is 9.76. The molecule has 0 spiro atoms. The molecule has 0 fully saturated rings. The van der Waals surface area contributed by atoms with Gasteiger partial charge in [0.2, 0.25) is 5.91 Å². The number of rotatable bonds is 6. The Labute approximate surface area is 150 Å². The van der Waals surface area contributed by atoms with Crippen molar-refractivity contribution in [2.24, 2.45) is 0 Å². The average Bonchev–Trinajstić information content (AvgIpc) is 2.97. The minimum atomic E-state index is -0.221. The molecule has 24 heavy (non-hydrogen) atoms. The van der Waals surface area contributed by atoms with Crippen LogP contribution in [0.25, 0.3) is 11.2 Å². The van der Waals surface area contributed by atoms with Gasteiger partial charge in [-0.1, -0.05) is 35.0 Å². The lowest BCUT2D eigenvalue weighted by Crippen LogP contribution is -2.31. The minimum absolute atomic E-state index is 0.0304. The van der Waals surface area contributed by atoms with Crippen LogP contribution in [0, 0.1) is 0 Å². The van der Waals surface area contributed by atoms with Gasteiger partial charge in [-0.25, -0.2) is 9.97 Å². The number of nitrogens with zero attached hydrogens (tertiary/aromatic N) is 2. The van der Waals surface area contributed by atoms with Crippen molar-refractivity contribution in [3.05, 3.63) is 28.9 Å². The fourth-order valence-electron chi connectivity index (χ4n) is 2.75. The summed E-state index contributed by atoms with van der Waals surface area (Å²) in [5.41, 5.74) is 2.86. The van der Waals surface area contributed by atoms with Crippen LogP contribution in [0.5, 0.6) is 0 Å². The van der Waals surface area contributed by atoms with Gasteiger partial charge in [0.25, 0.3) is 0 Å². The van der Waals surface area contributed by atoms with Crippen molar-refractivity contribution in [1.82, 2.24) is 20.3 Å². The van der Waals surface area contributed by atoms with Crippen LogP contribution in [-0.4, -0.2) is 32.7 Å². The first-order valence-electron chi connectivity index (χ1n) is 8.25. The van der Waals surface area contributed by atoms with Crippen LogP contribution in [0.3, 0.4) is 0 Å². The Kier molecular flexibility index (Phi) is 5.79. The maximum absolute atomic E-state index is 12.2. The number of nitrogens with one attached hydrogen (secondary N) is 2. The zero-order chi connectivity index (χ0) is 16.9. The summed E-state index contributed by atoms with van der Waals surface area (Å²) in [5, 5.41) is 4.03. The van der Waals surface area contributed by atoms with E-state index in [0.29, 0.717) is 22.4 Å². The average molecular weight is 365 g/mol. The van der Waals surface area contributed by atoms with Crippen molar-refractivity contribution in [2.45, 2.75) is 49.4 Å². The number of hydrogen-bond donors (Lipinski definition) is 2. The van der Waals surface area contributed by atoms with E-state index in [9.17, 15) is 4.79 Å². The molecule has 2 heterocycles. The Bertz CT molecular complexity index is 758. The van der Waals surface area contributed by atoms with Gasteiger partial charge < -0.3 is 10.3 Å². The van der Waals surface area contributed by atoms with Crippen LogP contribution in [-0.2, 0) is 4.79 Å². The summed E-state index contributed by atoms with van der Waals surface area (Å²) in [7, 11) is 0. The Hall–Kier alpha value is -1.53. The second-order valence-electron chi connectivity index (χ2n) is 5.98. The molecule has 1 amide bonds. The maximum Gasteiger partial charge on any atom is 0.233 e. The number of pyridine rings is 1. The largest absolute Gasteiger partial charge is 0.355 e. The highest BCUT2D eigenvalue weighted by atomic mass is 35.5. The Balaban J connectivity index is 1.50. The number of hydrogen-bond acceptors (Lipinski definition) is 4. The van der Waals surface area contributed by atoms with Crippen LogP contribution in [0.4, 0.5) is 0 Å². The number of thioether (sulfide) groups is 1. The molecule has 7 heteroatoms. The minimum Gasteiger partial charge on any atom is -0.355 e. The van der Waals surface area contributed by atoms with E-state index in [0.717, 1.165) is 11.9 Å². The molecule has 1 aliphatic rings. The molecular formula is C17H21ClN4OS. The van der Waals surface area contributed by atoms with E-state index in [4.69, 9.17) is 11.6 Å². The summed E-state index contributed by atoms with van der Waals surface area (Å²) in [5.74, 6) is 0.0304. The quantitative estimate of drug-likeness (QED) is 0.598. The van der Waals surface area contributed by atoms with Gasteiger partial charge in [0, 0.05) is 12.7 Å². The lowest BCUT2D eigenvalue weighted by atomic mass is 9.97. The lowest BCUT2D eigenvalue weighted by Gasteiger charge is -2.14. The summed E-state index contributed by atoms with van der Waals surface area (Å²) >= 11 is 7.31. The molecule has 0 unspecified atom stereocenters. The van der Waals surface area contributed by atoms with E-state index in [1.165, 1.54) is 43.0 Å². The smallest absolute Gasteiger partial charge is 0.233 e. The molecule has 2 aromatic rings. The van der Waals surface area contributed by atoms with Gasteiger partial charge in [-0.05, 0) is 45.1 Å². The molecule has 1 aliphatic carbocycles. The number of halogens is 1. The molecule has 0 radical (unpaired) electrons. The van der Waals surface area contributed by atoms with Crippen molar-refractivity contribution in [1.29, 1.82) is 0 Å². The van der Waals surface area contributed by atoms with E-state index in [1.807, 2.05) is 6.92 Å². The van der Waals surface area contributed by atoms with Crippen molar-refractivity contribution < 1.29 is 4.79 Å². The van der Waals surface area contributed by atoms with E-state index in [1.54, 1.807) is 12.3 Å². The Morgan fingerprint density at radius 3 is 3.17 bits per heavy atom. The molecule has 0 saturated heterocycles. The first-order valence-corrected chi connectivity index (χ1v) is 9.51. The van der Waals surface area contributed by atoms with E-state index in [-0.39, 0.29) is 11.2 Å². The molecule has 3 rings (SSSR count). The number of H-pyrrole nitrogens is 1. The number of amides is 1. The van der Waals surface area contributed by atoms with Gasteiger partial charge in [-0.2, -0.15) is 0 Å². The third kappa shape index (κ3) is 4.51. The number of carbonyl (C=O) groups excluding carboxylic acids is 1. The predicted octanol–water partition coefficient (Wildman–Crippen LogP) is 4.10. The number of aromatic nitrogens is 3. The number of fused-ring (bicyclic) bond motifs is 1. The van der Waals surface area contributed by atoms with Crippen LogP contribution in [0.1, 0.15) is 39.0 Å². The molecule has 0 aliphatic heterocycles. The summed E-state index contributed by atoms with van der Waals surface area (Å²) in [4.78, 5) is 23.9. The molecule has 5 nitrogen and oxygen atoms in total. The van der Waals surface area contributed by atoms with Crippen LogP contribution in [0.2, 0.25) is 5.02 Å². The standard InChI is InChI=1S/C17H21ClN4OS/c1-11(16(23)19-8-7-12-5-3-2-4-6-12)24-17-21-14-9-13(18)10-20-15(14)22-17/h5,9-11H,2-4,6-8H2,1H3,(H,19,23)(H,20,21,22)/t11-/m1/s1. The molecule has 0 saturated carbocycles. The van der Waals surface area contributed by atoms with E-state index >= 15 is 0 Å². The molecular weight excluding hydrogens is 344 g/mol. The normalized spacial score (nSPS) is 16.0. The maximum atomic E-state index is 12.2. The van der Waals surface area contributed by atoms with Gasteiger partial charge >= 0.3 is 0 Å². The Morgan fingerprint density at radius 1 is 1.50 bits per heavy atom. The third-order valence-corrected chi connectivity index (χ3v) is 5.26. The predicted molar refractivity (Wildman–Crippen MR) is 98.4 cm³/mol. The Morgan fingerprint density at radius 2 is 2.38 bits per heavy atom. The van der Waals surface area contributed by atoms with E-state index < -0.39 is 0 Å². The lowest BCUT2D eigenvalue weighted by molar-refractivity contribution is -0.120. The summed E-state index contributed by atoms with van der Waals surface area (Å²) in [6.45, 7) is 2.58. The van der Waals surface area contributed by atoms with Gasteiger partial charge in [0.15, 0.2) is 10.8 Å². The zero-order valence-electron chi connectivity index (χ0n) is 13.6. The molecule has 2 aromatic heterocycles. The van der Waals surface area contributed by atoms with Crippen LogP contribution >= 0.6 is 23.4 Å². The van der Waals surface area contributed by atoms with Crippen molar-refractivity contribution in [3.63, 3.8) is 0 Å². The number of aromatic amines is 1.